The second kappa shape index (κ2) is 4.53. The van der Waals surface area contributed by atoms with Gasteiger partial charge in [0.05, 0.1) is 26.2 Å². The van der Waals surface area contributed by atoms with Crippen molar-refractivity contribution in [3.05, 3.63) is 0 Å². The minimum atomic E-state index is -0.707. The maximum atomic E-state index is 11.3. The first-order valence-corrected chi connectivity index (χ1v) is 5.65. The number of aliphatic hydroxyl groups is 1. The summed E-state index contributed by atoms with van der Waals surface area (Å²) in [5, 5.41) is 9.22. The second-order valence-electron chi connectivity index (χ2n) is 4.74. The maximum absolute atomic E-state index is 11.3. The summed E-state index contributed by atoms with van der Waals surface area (Å²) in [7, 11) is 1.33. The zero-order valence-electron chi connectivity index (χ0n) is 10.2. The molecule has 0 amide bonds. The number of carbonyl (C=O) groups is 1. The highest BCUT2D eigenvalue weighted by Gasteiger charge is 2.55. The lowest BCUT2D eigenvalue weighted by molar-refractivity contribution is -0.192. The van der Waals surface area contributed by atoms with Crippen molar-refractivity contribution in [2.24, 2.45) is 0 Å². The number of aliphatic hydroxyl groups excluding tert-OH is 1. The minimum absolute atomic E-state index is 0.105. The molecule has 0 radical (unpaired) electrons. The number of fused-ring (bicyclic) bond motifs is 1. The molecule has 0 saturated carbocycles. The van der Waals surface area contributed by atoms with Crippen molar-refractivity contribution in [1.82, 2.24) is 0 Å². The standard InChI is InChI=1S/C11H18O6/c1-11(2)16-9-6(4-8(13)14-3)15-7(5-12)10(9)17-11/h6-7,9-10,12H,4-5H2,1-3H3/t6-,7-,9+,10-/m1/s1. The van der Waals surface area contributed by atoms with E-state index in [9.17, 15) is 9.90 Å². The average Bonchev–Trinajstić information content (AvgIpc) is 2.73. The van der Waals surface area contributed by atoms with Crippen LogP contribution in [0.2, 0.25) is 0 Å². The molecule has 0 bridgehead atoms. The second-order valence-corrected chi connectivity index (χ2v) is 4.74. The van der Waals surface area contributed by atoms with E-state index >= 15 is 0 Å². The van der Waals surface area contributed by atoms with Gasteiger partial charge in [0.1, 0.15) is 18.3 Å². The van der Waals surface area contributed by atoms with Crippen molar-refractivity contribution in [3.8, 4) is 0 Å². The Balaban J connectivity index is 2.07. The smallest absolute Gasteiger partial charge is 0.308 e. The lowest BCUT2D eigenvalue weighted by atomic mass is 10.1. The SMILES string of the molecule is COC(=O)C[C@H]1O[C@H](CO)[C@H]2OC(C)(C)O[C@H]21. The van der Waals surface area contributed by atoms with E-state index in [4.69, 9.17) is 14.2 Å². The van der Waals surface area contributed by atoms with E-state index in [-0.39, 0.29) is 31.2 Å². The van der Waals surface area contributed by atoms with Crippen LogP contribution in [-0.4, -0.2) is 55.0 Å². The van der Waals surface area contributed by atoms with Crippen molar-refractivity contribution in [1.29, 1.82) is 0 Å². The van der Waals surface area contributed by atoms with Crippen LogP contribution >= 0.6 is 0 Å². The minimum Gasteiger partial charge on any atom is -0.469 e. The van der Waals surface area contributed by atoms with Crippen molar-refractivity contribution in [2.75, 3.05) is 13.7 Å². The molecule has 4 atom stereocenters. The molecule has 0 spiro atoms. The first-order valence-electron chi connectivity index (χ1n) is 5.65. The van der Waals surface area contributed by atoms with Gasteiger partial charge in [0.25, 0.3) is 0 Å². The van der Waals surface area contributed by atoms with Crippen LogP contribution in [0.3, 0.4) is 0 Å². The van der Waals surface area contributed by atoms with E-state index in [1.165, 1.54) is 7.11 Å². The molecule has 2 aliphatic rings. The molecule has 98 valence electrons. The highest BCUT2D eigenvalue weighted by Crippen LogP contribution is 2.39. The average molecular weight is 246 g/mol. The molecule has 1 N–H and O–H groups in total. The van der Waals surface area contributed by atoms with Gasteiger partial charge in [0.15, 0.2) is 5.79 Å². The third kappa shape index (κ3) is 2.44. The number of carbonyl (C=O) groups excluding carboxylic acids is 1. The molecule has 0 unspecified atom stereocenters. The fourth-order valence-electron chi connectivity index (χ4n) is 2.33. The highest BCUT2D eigenvalue weighted by atomic mass is 16.8. The van der Waals surface area contributed by atoms with Gasteiger partial charge in [-0.3, -0.25) is 4.79 Å². The number of hydrogen-bond donors (Lipinski definition) is 1. The summed E-state index contributed by atoms with van der Waals surface area (Å²) in [4.78, 5) is 11.3. The van der Waals surface area contributed by atoms with E-state index in [0.717, 1.165) is 0 Å². The van der Waals surface area contributed by atoms with Gasteiger partial charge in [0.2, 0.25) is 0 Å². The third-order valence-electron chi connectivity index (χ3n) is 3.02. The Labute approximate surface area is 99.8 Å². The molecule has 6 heteroatoms. The van der Waals surface area contributed by atoms with Gasteiger partial charge in [-0.15, -0.1) is 0 Å². The molecular formula is C11H18O6. The number of hydrogen-bond acceptors (Lipinski definition) is 6. The van der Waals surface area contributed by atoms with Crippen molar-refractivity contribution >= 4 is 5.97 Å². The summed E-state index contributed by atoms with van der Waals surface area (Å²) in [5.41, 5.74) is 0. The van der Waals surface area contributed by atoms with Crippen LogP contribution in [0.1, 0.15) is 20.3 Å². The van der Waals surface area contributed by atoms with Crippen LogP contribution in [-0.2, 0) is 23.7 Å². The molecule has 17 heavy (non-hydrogen) atoms. The Morgan fingerprint density at radius 1 is 1.29 bits per heavy atom. The number of ether oxygens (including phenoxy) is 4. The Morgan fingerprint density at radius 2 is 1.88 bits per heavy atom. The fraction of sp³-hybridized carbons (Fsp3) is 0.909. The van der Waals surface area contributed by atoms with Crippen LogP contribution in [0, 0.1) is 0 Å². The van der Waals surface area contributed by atoms with Crippen LogP contribution in [0.25, 0.3) is 0 Å². The summed E-state index contributed by atoms with van der Waals surface area (Å²) in [5.74, 6) is -1.07. The first-order chi connectivity index (χ1) is 7.96. The maximum Gasteiger partial charge on any atom is 0.308 e. The van der Waals surface area contributed by atoms with E-state index in [0.29, 0.717) is 0 Å². The molecule has 0 aromatic heterocycles. The first kappa shape index (κ1) is 12.8. The van der Waals surface area contributed by atoms with Gasteiger partial charge in [-0.25, -0.2) is 0 Å². The van der Waals surface area contributed by atoms with Crippen molar-refractivity contribution in [2.45, 2.75) is 50.5 Å². The van der Waals surface area contributed by atoms with Crippen LogP contribution < -0.4 is 0 Å². The van der Waals surface area contributed by atoms with Gasteiger partial charge in [-0.2, -0.15) is 0 Å². The molecule has 0 aromatic carbocycles. The number of methoxy groups -OCH3 is 1. The van der Waals surface area contributed by atoms with Crippen LogP contribution in [0.5, 0.6) is 0 Å². The van der Waals surface area contributed by atoms with Crippen LogP contribution in [0.15, 0.2) is 0 Å². The summed E-state index contributed by atoms with van der Waals surface area (Å²) in [6.45, 7) is 3.45. The topological polar surface area (TPSA) is 74.2 Å². The van der Waals surface area contributed by atoms with Gasteiger partial charge in [-0.1, -0.05) is 0 Å². The summed E-state index contributed by atoms with van der Waals surface area (Å²) < 4.78 is 21.5. The van der Waals surface area contributed by atoms with Crippen LogP contribution in [0.4, 0.5) is 0 Å². The van der Waals surface area contributed by atoms with Gasteiger partial charge in [-0.05, 0) is 13.8 Å². The Hall–Kier alpha value is -0.690. The molecule has 2 aliphatic heterocycles. The zero-order chi connectivity index (χ0) is 12.6. The molecule has 2 rings (SSSR count). The molecule has 2 saturated heterocycles. The lowest BCUT2D eigenvalue weighted by Gasteiger charge is -2.23. The predicted octanol–water partition coefficient (Wildman–Crippen LogP) is -0.171. The zero-order valence-corrected chi connectivity index (χ0v) is 10.2. The van der Waals surface area contributed by atoms with Gasteiger partial charge < -0.3 is 24.1 Å². The molecule has 6 nitrogen and oxygen atoms in total. The highest BCUT2D eigenvalue weighted by molar-refractivity contribution is 5.70. The Bertz CT molecular complexity index is 302. The lowest BCUT2D eigenvalue weighted by Crippen LogP contribution is -2.32. The largest absolute Gasteiger partial charge is 0.469 e. The van der Waals surface area contributed by atoms with E-state index in [1.807, 2.05) is 0 Å². The van der Waals surface area contributed by atoms with Crippen molar-refractivity contribution in [3.63, 3.8) is 0 Å². The number of rotatable bonds is 3. The van der Waals surface area contributed by atoms with Gasteiger partial charge >= 0.3 is 5.97 Å². The van der Waals surface area contributed by atoms with E-state index in [1.54, 1.807) is 13.8 Å². The van der Waals surface area contributed by atoms with Crippen molar-refractivity contribution < 1.29 is 28.8 Å². The number of esters is 1. The normalized spacial score (nSPS) is 39.1. The molecule has 0 aromatic rings. The fourth-order valence-corrected chi connectivity index (χ4v) is 2.33. The van der Waals surface area contributed by atoms with E-state index < -0.39 is 18.0 Å². The molecule has 0 aliphatic carbocycles. The predicted molar refractivity (Wildman–Crippen MR) is 56.2 cm³/mol. The van der Waals surface area contributed by atoms with E-state index in [2.05, 4.69) is 4.74 Å². The monoisotopic (exact) mass is 246 g/mol. The summed E-state index contributed by atoms with van der Waals surface area (Å²) >= 11 is 0. The van der Waals surface area contributed by atoms with Gasteiger partial charge in [0, 0.05) is 0 Å². The molecular weight excluding hydrogens is 228 g/mol. The summed E-state index contributed by atoms with van der Waals surface area (Å²) in [6, 6.07) is 0. The Morgan fingerprint density at radius 3 is 2.41 bits per heavy atom. The molecule has 2 heterocycles. The third-order valence-corrected chi connectivity index (χ3v) is 3.02. The molecule has 2 fully saturated rings. The summed E-state index contributed by atoms with van der Waals surface area (Å²) in [6.07, 6.45) is -1.43. The Kier molecular flexibility index (Phi) is 3.40. The quantitative estimate of drug-likeness (QED) is 0.697.